The second-order valence-electron chi connectivity index (χ2n) is 5.06. The predicted molar refractivity (Wildman–Crippen MR) is 70.0 cm³/mol. The van der Waals surface area contributed by atoms with E-state index in [1.807, 2.05) is 10.7 Å². The number of aromatic nitrogens is 3. The van der Waals surface area contributed by atoms with Gasteiger partial charge in [0.2, 0.25) is 0 Å². The summed E-state index contributed by atoms with van der Waals surface area (Å²) in [7, 11) is 0. The van der Waals surface area contributed by atoms with Gasteiger partial charge in [-0.3, -0.25) is 4.68 Å². The van der Waals surface area contributed by atoms with Crippen LogP contribution in [-0.4, -0.2) is 14.8 Å². The third kappa shape index (κ3) is 2.73. The predicted octanol–water partition coefficient (Wildman–Crippen LogP) is 2.14. The van der Waals surface area contributed by atoms with E-state index in [2.05, 4.69) is 36.2 Å². The second kappa shape index (κ2) is 4.58. The zero-order valence-corrected chi connectivity index (χ0v) is 11.3. The molecule has 5 heteroatoms. The molecule has 2 heterocycles. The first-order chi connectivity index (χ1) is 8.00. The summed E-state index contributed by atoms with van der Waals surface area (Å²) >= 11 is 1.68. The Kier molecular flexibility index (Phi) is 3.31. The summed E-state index contributed by atoms with van der Waals surface area (Å²) < 4.78 is 1.91. The van der Waals surface area contributed by atoms with Crippen molar-refractivity contribution in [3.8, 4) is 0 Å². The molecule has 0 aliphatic heterocycles. The van der Waals surface area contributed by atoms with Crippen molar-refractivity contribution >= 4 is 11.3 Å². The van der Waals surface area contributed by atoms with E-state index in [1.54, 1.807) is 17.5 Å². The van der Waals surface area contributed by atoms with E-state index >= 15 is 0 Å². The van der Waals surface area contributed by atoms with Crippen LogP contribution >= 0.6 is 11.3 Å². The average molecular weight is 250 g/mol. The Morgan fingerprint density at radius 2 is 2.18 bits per heavy atom. The summed E-state index contributed by atoms with van der Waals surface area (Å²) in [4.78, 5) is 4.65. The number of thiazole rings is 1. The maximum absolute atomic E-state index is 5.65. The zero-order chi connectivity index (χ0) is 12.5. The molecule has 17 heavy (non-hydrogen) atoms. The molecule has 0 fully saturated rings. The van der Waals surface area contributed by atoms with E-state index in [-0.39, 0.29) is 5.41 Å². The van der Waals surface area contributed by atoms with Crippen LogP contribution < -0.4 is 5.73 Å². The molecule has 0 aliphatic carbocycles. The molecule has 0 radical (unpaired) electrons. The van der Waals surface area contributed by atoms with Crippen molar-refractivity contribution in [1.82, 2.24) is 14.8 Å². The Balaban J connectivity index is 2.17. The third-order valence-electron chi connectivity index (χ3n) is 2.62. The summed E-state index contributed by atoms with van der Waals surface area (Å²) in [5, 5.41) is 7.46. The molecule has 4 nitrogen and oxygen atoms in total. The van der Waals surface area contributed by atoms with Crippen LogP contribution in [0.5, 0.6) is 0 Å². The Bertz CT molecular complexity index is 493. The number of hydrogen-bond acceptors (Lipinski definition) is 4. The minimum Gasteiger partial charge on any atom is -0.325 e. The quantitative estimate of drug-likeness (QED) is 0.908. The van der Waals surface area contributed by atoms with Crippen LogP contribution in [0.1, 0.15) is 37.2 Å². The van der Waals surface area contributed by atoms with Gasteiger partial charge >= 0.3 is 0 Å². The van der Waals surface area contributed by atoms with Crippen LogP contribution in [-0.2, 0) is 18.5 Å². The Hall–Kier alpha value is -1.20. The van der Waals surface area contributed by atoms with E-state index in [9.17, 15) is 0 Å². The lowest BCUT2D eigenvalue weighted by molar-refractivity contribution is 0.566. The summed E-state index contributed by atoms with van der Waals surface area (Å²) in [5.41, 5.74) is 7.93. The fraction of sp³-hybridized carbons (Fsp3) is 0.500. The SMILES string of the molecule is CC(C)(C)c1csc(Cn2nccc2CN)n1. The van der Waals surface area contributed by atoms with Crippen LogP contribution in [0.2, 0.25) is 0 Å². The van der Waals surface area contributed by atoms with Gasteiger partial charge in [0, 0.05) is 23.5 Å². The zero-order valence-electron chi connectivity index (χ0n) is 10.5. The van der Waals surface area contributed by atoms with Gasteiger partial charge in [-0.15, -0.1) is 11.3 Å². The van der Waals surface area contributed by atoms with Crippen molar-refractivity contribution in [2.75, 3.05) is 0 Å². The molecule has 2 aromatic heterocycles. The van der Waals surface area contributed by atoms with E-state index in [0.717, 1.165) is 16.4 Å². The first-order valence-electron chi connectivity index (χ1n) is 5.66. The fourth-order valence-corrected chi connectivity index (χ4v) is 2.53. The van der Waals surface area contributed by atoms with Crippen LogP contribution in [0.25, 0.3) is 0 Å². The van der Waals surface area contributed by atoms with Gasteiger partial charge in [0.25, 0.3) is 0 Å². The molecular formula is C12H18N4S. The van der Waals surface area contributed by atoms with Crippen LogP contribution in [0.4, 0.5) is 0 Å². The molecule has 2 aromatic rings. The van der Waals surface area contributed by atoms with Crippen LogP contribution in [0.3, 0.4) is 0 Å². The maximum atomic E-state index is 5.65. The van der Waals surface area contributed by atoms with Gasteiger partial charge in [-0.25, -0.2) is 4.98 Å². The lowest BCUT2D eigenvalue weighted by Crippen LogP contribution is -2.13. The van der Waals surface area contributed by atoms with Crippen LogP contribution in [0, 0.1) is 0 Å². The van der Waals surface area contributed by atoms with Gasteiger partial charge in [-0.2, -0.15) is 5.10 Å². The van der Waals surface area contributed by atoms with E-state index < -0.39 is 0 Å². The van der Waals surface area contributed by atoms with Gasteiger partial charge in [0.15, 0.2) is 0 Å². The Labute approximate surface area is 105 Å². The summed E-state index contributed by atoms with van der Waals surface area (Å²) in [6, 6.07) is 1.94. The van der Waals surface area contributed by atoms with Crippen molar-refractivity contribution in [2.45, 2.75) is 39.3 Å². The molecule has 92 valence electrons. The van der Waals surface area contributed by atoms with E-state index in [4.69, 9.17) is 5.73 Å². The summed E-state index contributed by atoms with van der Waals surface area (Å²) in [5.74, 6) is 0. The molecule has 0 saturated heterocycles. The number of rotatable bonds is 3. The standard InChI is InChI=1S/C12H18N4S/c1-12(2,3)10-8-17-11(15-10)7-16-9(6-13)4-5-14-16/h4-5,8H,6-7,13H2,1-3H3. The lowest BCUT2D eigenvalue weighted by atomic mass is 9.93. The van der Waals surface area contributed by atoms with Crippen molar-refractivity contribution in [2.24, 2.45) is 5.73 Å². The van der Waals surface area contributed by atoms with Crippen molar-refractivity contribution in [3.05, 3.63) is 34.0 Å². The van der Waals surface area contributed by atoms with Gasteiger partial charge in [-0.1, -0.05) is 20.8 Å². The van der Waals surface area contributed by atoms with Gasteiger partial charge in [0.05, 0.1) is 17.9 Å². The van der Waals surface area contributed by atoms with E-state index in [1.165, 1.54) is 0 Å². The molecule has 0 unspecified atom stereocenters. The van der Waals surface area contributed by atoms with Crippen molar-refractivity contribution < 1.29 is 0 Å². The monoisotopic (exact) mass is 250 g/mol. The molecule has 0 atom stereocenters. The largest absolute Gasteiger partial charge is 0.325 e. The lowest BCUT2D eigenvalue weighted by Gasteiger charge is -2.14. The van der Waals surface area contributed by atoms with Crippen molar-refractivity contribution in [3.63, 3.8) is 0 Å². The molecule has 2 N–H and O–H groups in total. The fourth-order valence-electron chi connectivity index (χ4n) is 1.53. The summed E-state index contributed by atoms with van der Waals surface area (Å²) in [6.45, 7) is 7.74. The van der Waals surface area contributed by atoms with Gasteiger partial charge < -0.3 is 5.73 Å². The molecule has 0 amide bonds. The minimum atomic E-state index is 0.107. The first-order valence-corrected chi connectivity index (χ1v) is 6.54. The van der Waals surface area contributed by atoms with E-state index in [0.29, 0.717) is 13.1 Å². The molecule has 0 spiro atoms. The smallest absolute Gasteiger partial charge is 0.114 e. The van der Waals surface area contributed by atoms with Gasteiger partial charge in [-0.05, 0) is 6.07 Å². The van der Waals surface area contributed by atoms with Crippen molar-refractivity contribution in [1.29, 1.82) is 0 Å². The number of nitrogens with zero attached hydrogens (tertiary/aromatic N) is 3. The number of hydrogen-bond donors (Lipinski definition) is 1. The molecule has 0 aliphatic rings. The highest BCUT2D eigenvalue weighted by atomic mass is 32.1. The molecular weight excluding hydrogens is 232 g/mol. The maximum Gasteiger partial charge on any atom is 0.114 e. The van der Waals surface area contributed by atoms with Gasteiger partial charge in [0.1, 0.15) is 5.01 Å². The Morgan fingerprint density at radius 3 is 2.76 bits per heavy atom. The highest BCUT2D eigenvalue weighted by Crippen LogP contribution is 2.24. The molecule has 0 saturated carbocycles. The number of nitrogens with two attached hydrogens (primary N) is 1. The van der Waals surface area contributed by atoms with Crippen LogP contribution in [0.15, 0.2) is 17.6 Å². The summed E-state index contributed by atoms with van der Waals surface area (Å²) in [6.07, 6.45) is 1.78. The normalized spacial score (nSPS) is 12.0. The third-order valence-corrected chi connectivity index (χ3v) is 3.45. The topological polar surface area (TPSA) is 56.7 Å². The Morgan fingerprint density at radius 1 is 1.41 bits per heavy atom. The minimum absolute atomic E-state index is 0.107. The second-order valence-corrected chi connectivity index (χ2v) is 6.00. The average Bonchev–Trinajstić information content (AvgIpc) is 2.86. The highest BCUT2D eigenvalue weighted by molar-refractivity contribution is 7.09. The highest BCUT2D eigenvalue weighted by Gasteiger charge is 2.17. The first kappa shape index (κ1) is 12.3. The molecule has 2 rings (SSSR count). The molecule has 0 aromatic carbocycles. The molecule has 0 bridgehead atoms.